The molecule has 0 atom stereocenters. The van der Waals surface area contributed by atoms with Crippen LogP contribution in [-0.2, 0) is 6.54 Å². The quantitative estimate of drug-likeness (QED) is 0.729. The lowest BCUT2D eigenvalue weighted by molar-refractivity contribution is 0.457. The second-order valence-corrected chi connectivity index (χ2v) is 5.69. The second kappa shape index (κ2) is 7.73. The summed E-state index contributed by atoms with van der Waals surface area (Å²) in [4.78, 5) is 4.37. The summed E-state index contributed by atoms with van der Waals surface area (Å²) in [5.41, 5.74) is 0.726. The van der Waals surface area contributed by atoms with Gasteiger partial charge in [-0.15, -0.1) is 0 Å². The molecule has 0 bridgehead atoms. The van der Waals surface area contributed by atoms with Crippen molar-refractivity contribution in [3.63, 3.8) is 0 Å². The zero-order valence-corrected chi connectivity index (χ0v) is 13.8. The van der Waals surface area contributed by atoms with Crippen molar-refractivity contribution in [1.82, 2.24) is 10.3 Å². The van der Waals surface area contributed by atoms with Crippen LogP contribution in [0.2, 0.25) is 5.02 Å². The van der Waals surface area contributed by atoms with Gasteiger partial charge in [-0.25, -0.2) is 9.37 Å². The highest BCUT2D eigenvalue weighted by molar-refractivity contribution is 9.10. The summed E-state index contributed by atoms with van der Waals surface area (Å²) >= 11 is 9.23. The SMILES string of the molecule is CCCNCc1nc(Oc2ccc(F)c(Br)c2)ccc1Cl. The van der Waals surface area contributed by atoms with Crippen molar-refractivity contribution >= 4 is 27.5 Å². The molecule has 2 rings (SSSR count). The van der Waals surface area contributed by atoms with E-state index in [0.29, 0.717) is 27.7 Å². The van der Waals surface area contributed by atoms with E-state index in [2.05, 4.69) is 33.2 Å². The number of benzene rings is 1. The van der Waals surface area contributed by atoms with E-state index in [0.717, 1.165) is 18.7 Å². The summed E-state index contributed by atoms with van der Waals surface area (Å²) < 4.78 is 19.2. The highest BCUT2D eigenvalue weighted by atomic mass is 79.9. The molecule has 0 fully saturated rings. The van der Waals surface area contributed by atoms with Gasteiger partial charge in [-0.05, 0) is 53.2 Å². The maximum absolute atomic E-state index is 13.2. The van der Waals surface area contributed by atoms with Crippen molar-refractivity contribution in [2.24, 2.45) is 0 Å². The van der Waals surface area contributed by atoms with Gasteiger partial charge in [-0.3, -0.25) is 0 Å². The Hall–Kier alpha value is -1.17. The summed E-state index contributed by atoms with van der Waals surface area (Å²) in [7, 11) is 0. The lowest BCUT2D eigenvalue weighted by Gasteiger charge is -2.09. The van der Waals surface area contributed by atoms with Gasteiger partial charge in [0.25, 0.3) is 0 Å². The normalized spacial score (nSPS) is 10.7. The molecule has 0 unspecified atom stereocenters. The van der Waals surface area contributed by atoms with Crippen LogP contribution in [-0.4, -0.2) is 11.5 Å². The van der Waals surface area contributed by atoms with Gasteiger partial charge in [0.15, 0.2) is 0 Å². The molecule has 2 aromatic rings. The smallest absolute Gasteiger partial charge is 0.219 e. The largest absolute Gasteiger partial charge is 0.439 e. The molecule has 6 heteroatoms. The number of halogens is 3. The highest BCUT2D eigenvalue weighted by Crippen LogP contribution is 2.26. The van der Waals surface area contributed by atoms with E-state index in [1.165, 1.54) is 6.07 Å². The van der Waals surface area contributed by atoms with E-state index in [1.807, 2.05) is 0 Å². The van der Waals surface area contributed by atoms with E-state index < -0.39 is 0 Å². The van der Waals surface area contributed by atoms with E-state index in [9.17, 15) is 4.39 Å². The van der Waals surface area contributed by atoms with Gasteiger partial charge in [0.1, 0.15) is 11.6 Å². The van der Waals surface area contributed by atoms with Gasteiger partial charge in [0, 0.05) is 12.6 Å². The lowest BCUT2D eigenvalue weighted by Crippen LogP contribution is -2.15. The molecular formula is C15H15BrClFN2O. The number of nitrogens with zero attached hydrogens (tertiary/aromatic N) is 1. The number of hydrogen-bond donors (Lipinski definition) is 1. The standard InChI is InChI=1S/C15H15BrClFN2O/c1-2-7-19-9-14-12(17)4-6-15(20-14)21-10-3-5-13(18)11(16)8-10/h3-6,8,19H,2,7,9H2,1H3. The molecule has 0 saturated heterocycles. The molecule has 0 aliphatic rings. The molecule has 0 aliphatic carbocycles. The van der Waals surface area contributed by atoms with Crippen LogP contribution in [0, 0.1) is 5.82 Å². The average Bonchev–Trinajstić information content (AvgIpc) is 2.46. The van der Waals surface area contributed by atoms with Gasteiger partial charge >= 0.3 is 0 Å². The van der Waals surface area contributed by atoms with Gasteiger partial charge in [0.2, 0.25) is 5.88 Å². The summed E-state index contributed by atoms with van der Waals surface area (Å²) in [6.45, 7) is 3.57. The van der Waals surface area contributed by atoms with Gasteiger partial charge in [-0.2, -0.15) is 0 Å². The zero-order valence-electron chi connectivity index (χ0n) is 11.5. The second-order valence-electron chi connectivity index (χ2n) is 4.43. The minimum atomic E-state index is -0.337. The molecule has 0 aliphatic heterocycles. The van der Waals surface area contributed by atoms with Crippen LogP contribution in [0.25, 0.3) is 0 Å². The van der Waals surface area contributed by atoms with Crippen LogP contribution >= 0.6 is 27.5 Å². The molecular weight excluding hydrogens is 359 g/mol. The van der Waals surface area contributed by atoms with Gasteiger partial charge in [0.05, 0.1) is 15.2 Å². The Bertz CT molecular complexity index is 625. The van der Waals surface area contributed by atoms with Crippen LogP contribution in [0.1, 0.15) is 19.0 Å². The predicted molar refractivity (Wildman–Crippen MR) is 85.4 cm³/mol. The number of ether oxygens (including phenoxy) is 1. The third-order valence-electron chi connectivity index (χ3n) is 2.73. The number of pyridine rings is 1. The van der Waals surface area contributed by atoms with Crippen molar-refractivity contribution in [2.45, 2.75) is 19.9 Å². The maximum Gasteiger partial charge on any atom is 0.219 e. The Balaban J connectivity index is 2.12. The molecule has 112 valence electrons. The third-order valence-corrected chi connectivity index (χ3v) is 3.68. The summed E-state index contributed by atoms with van der Waals surface area (Å²) in [5, 5.41) is 3.83. The average molecular weight is 374 g/mol. The fourth-order valence-electron chi connectivity index (χ4n) is 1.69. The zero-order chi connectivity index (χ0) is 15.2. The molecule has 1 N–H and O–H groups in total. The first-order valence-electron chi connectivity index (χ1n) is 6.59. The number of rotatable bonds is 6. The van der Waals surface area contributed by atoms with Crippen molar-refractivity contribution in [2.75, 3.05) is 6.54 Å². The fourth-order valence-corrected chi connectivity index (χ4v) is 2.22. The Kier molecular flexibility index (Phi) is 5.96. The first kappa shape index (κ1) is 16.2. The molecule has 21 heavy (non-hydrogen) atoms. The van der Waals surface area contributed by atoms with Crippen LogP contribution in [0.5, 0.6) is 11.6 Å². The van der Waals surface area contributed by atoms with Crippen LogP contribution in [0.15, 0.2) is 34.8 Å². The van der Waals surface area contributed by atoms with Crippen LogP contribution < -0.4 is 10.1 Å². The Morgan fingerprint density at radius 1 is 1.33 bits per heavy atom. The summed E-state index contributed by atoms with van der Waals surface area (Å²) in [6.07, 6.45) is 1.04. The van der Waals surface area contributed by atoms with Crippen molar-refractivity contribution in [3.05, 3.63) is 51.3 Å². The first-order valence-corrected chi connectivity index (χ1v) is 7.76. The molecule has 0 saturated carbocycles. The fraction of sp³-hybridized carbons (Fsp3) is 0.267. The topological polar surface area (TPSA) is 34.2 Å². The van der Waals surface area contributed by atoms with E-state index >= 15 is 0 Å². The first-order chi connectivity index (χ1) is 10.1. The molecule has 1 heterocycles. The minimum Gasteiger partial charge on any atom is -0.439 e. The summed E-state index contributed by atoms with van der Waals surface area (Å²) in [6, 6.07) is 7.86. The van der Waals surface area contributed by atoms with Crippen molar-refractivity contribution in [1.29, 1.82) is 0 Å². The van der Waals surface area contributed by atoms with Crippen LogP contribution in [0.3, 0.4) is 0 Å². The van der Waals surface area contributed by atoms with Crippen molar-refractivity contribution in [3.8, 4) is 11.6 Å². The number of aromatic nitrogens is 1. The summed E-state index contributed by atoms with van der Waals surface area (Å²) in [5.74, 6) is 0.590. The molecule has 0 amide bonds. The molecule has 0 radical (unpaired) electrons. The predicted octanol–water partition coefficient (Wildman–Crippen LogP) is 4.93. The number of hydrogen-bond acceptors (Lipinski definition) is 3. The molecule has 0 spiro atoms. The Labute approximate surface area is 136 Å². The molecule has 1 aromatic heterocycles. The monoisotopic (exact) mass is 372 g/mol. The molecule has 1 aromatic carbocycles. The lowest BCUT2D eigenvalue weighted by atomic mass is 10.3. The van der Waals surface area contributed by atoms with Gasteiger partial charge in [-0.1, -0.05) is 18.5 Å². The molecule has 3 nitrogen and oxygen atoms in total. The Morgan fingerprint density at radius 3 is 2.86 bits per heavy atom. The van der Waals surface area contributed by atoms with E-state index in [-0.39, 0.29) is 5.82 Å². The number of nitrogens with one attached hydrogen (secondary N) is 1. The van der Waals surface area contributed by atoms with E-state index in [4.69, 9.17) is 16.3 Å². The van der Waals surface area contributed by atoms with Crippen LogP contribution in [0.4, 0.5) is 4.39 Å². The minimum absolute atomic E-state index is 0.337. The van der Waals surface area contributed by atoms with Gasteiger partial charge < -0.3 is 10.1 Å². The Morgan fingerprint density at radius 2 is 2.14 bits per heavy atom. The third kappa shape index (κ3) is 4.66. The maximum atomic E-state index is 13.2. The van der Waals surface area contributed by atoms with Crippen molar-refractivity contribution < 1.29 is 9.13 Å². The van der Waals surface area contributed by atoms with E-state index in [1.54, 1.807) is 24.3 Å². The highest BCUT2D eigenvalue weighted by Gasteiger charge is 2.07.